The van der Waals surface area contributed by atoms with Crippen molar-refractivity contribution < 1.29 is 9.53 Å². The van der Waals surface area contributed by atoms with Crippen LogP contribution in [0.3, 0.4) is 0 Å². The van der Waals surface area contributed by atoms with Gasteiger partial charge in [-0.15, -0.1) is 0 Å². The van der Waals surface area contributed by atoms with Gasteiger partial charge >= 0.3 is 5.97 Å². The third-order valence-electron chi connectivity index (χ3n) is 2.84. The summed E-state index contributed by atoms with van der Waals surface area (Å²) >= 11 is 3.42. The minimum atomic E-state index is -0.340. The molecule has 96 valence electrons. The molecule has 0 radical (unpaired) electrons. The summed E-state index contributed by atoms with van der Waals surface area (Å²) in [7, 11) is 1.39. The van der Waals surface area contributed by atoms with Gasteiger partial charge in [0, 0.05) is 15.9 Å². The van der Waals surface area contributed by atoms with E-state index in [0.717, 1.165) is 21.1 Å². The zero-order valence-corrected chi connectivity index (χ0v) is 12.4. The number of carbonyl (C=O) groups is 1. The molecule has 0 N–H and O–H groups in total. The maximum atomic E-state index is 11.8. The summed E-state index contributed by atoms with van der Waals surface area (Å²) in [5.74, 6) is -0.340. The van der Waals surface area contributed by atoms with Crippen LogP contribution in [-0.4, -0.2) is 22.9 Å². The van der Waals surface area contributed by atoms with E-state index < -0.39 is 0 Å². The minimum absolute atomic E-state index is 0.237. The molecule has 0 unspecified atom stereocenters. The third kappa shape index (κ3) is 2.03. The van der Waals surface area contributed by atoms with E-state index >= 15 is 0 Å². The number of esters is 1. The number of fused-ring (bicyclic) bond motifs is 1. The van der Waals surface area contributed by atoms with Crippen molar-refractivity contribution in [2.45, 2.75) is 26.8 Å². The van der Waals surface area contributed by atoms with Crippen molar-refractivity contribution >= 4 is 32.8 Å². The van der Waals surface area contributed by atoms with Crippen LogP contribution >= 0.6 is 15.9 Å². The fourth-order valence-electron chi connectivity index (χ4n) is 2.08. The quantitative estimate of drug-likeness (QED) is 0.798. The first-order valence-corrected chi connectivity index (χ1v) is 6.51. The predicted octanol–water partition coefficient (Wildman–Crippen LogP) is 3.47. The van der Waals surface area contributed by atoms with Crippen molar-refractivity contribution in [3.8, 4) is 0 Å². The van der Waals surface area contributed by atoms with E-state index in [4.69, 9.17) is 4.74 Å². The highest BCUT2D eigenvalue weighted by molar-refractivity contribution is 9.10. The van der Waals surface area contributed by atoms with Crippen molar-refractivity contribution in [2.75, 3.05) is 7.11 Å². The van der Waals surface area contributed by atoms with Crippen LogP contribution in [0.25, 0.3) is 10.9 Å². The van der Waals surface area contributed by atoms with E-state index in [1.54, 1.807) is 6.07 Å². The average molecular weight is 311 g/mol. The second kappa shape index (κ2) is 4.72. The maximum Gasteiger partial charge on any atom is 0.338 e. The Kier molecular flexibility index (Phi) is 3.43. The van der Waals surface area contributed by atoms with Crippen molar-refractivity contribution in [3.05, 3.63) is 27.9 Å². The monoisotopic (exact) mass is 310 g/mol. The summed E-state index contributed by atoms with van der Waals surface area (Å²) in [6.07, 6.45) is 0. The Morgan fingerprint density at radius 3 is 2.67 bits per heavy atom. The Hall–Kier alpha value is -1.36. The molecule has 0 saturated heterocycles. The van der Waals surface area contributed by atoms with Crippen LogP contribution in [0.2, 0.25) is 0 Å². The molecule has 0 aliphatic carbocycles. The van der Waals surface area contributed by atoms with Crippen LogP contribution < -0.4 is 0 Å². The number of rotatable bonds is 2. The largest absolute Gasteiger partial charge is 0.465 e. The molecule has 0 fully saturated rings. The van der Waals surface area contributed by atoms with Gasteiger partial charge in [0.25, 0.3) is 0 Å². The molecule has 4 nitrogen and oxygen atoms in total. The van der Waals surface area contributed by atoms with Gasteiger partial charge < -0.3 is 4.74 Å². The molecule has 2 aromatic rings. The van der Waals surface area contributed by atoms with E-state index in [1.165, 1.54) is 7.11 Å². The summed E-state index contributed by atoms with van der Waals surface area (Å²) in [6, 6.07) is 3.98. The van der Waals surface area contributed by atoms with E-state index in [-0.39, 0.29) is 12.0 Å². The highest BCUT2D eigenvalue weighted by atomic mass is 79.9. The first-order chi connectivity index (χ1) is 8.45. The molecule has 1 aromatic carbocycles. The fraction of sp³-hybridized carbons (Fsp3) is 0.385. The molecule has 0 aliphatic rings. The number of methoxy groups -OCH3 is 1. The second-order valence-electron chi connectivity index (χ2n) is 4.46. The highest BCUT2D eigenvalue weighted by Gasteiger charge is 2.19. The Balaban J connectivity index is 2.84. The Labute approximate surface area is 114 Å². The van der Waals surface area contributed by atoms with Gasteiger partial charge in [-0.3, -0.25) is 4.68 Å². The van der Waals surface area contributed by atoms with Crippen molar-refractivity contribution in [1.29, 1.82) is 0 Å². The van der Waals surface area contributed by atoms with Gasteiger partial charge in [0.2, 0.25) is 0 Å². The molecule has 0 atom stereocenters. The van der Waals surface area contributed by atoms with E-state index in [1.807, 2.05) is 17.7 Å². The maximum absolute atomic E-state index is 11.8. The third-order valence-corrected chi connectivity index (χ3v) is 3.30. The molecule has 5 heteroatoms. The summed E-state index contributed by atoms with van der Waals surface area (Å²) in [5.41, 5.74) is 2.33. The molecule has 0 aliphatic heterocycles. The lowest BCUT2D eigenvalue weighted by atomic mass is 10.1. The molecule has 0 spiro atoms. The first-order valence-electron chi connectivity index (χ1n) is 5.72. The number of hydrogen-bond donors (Lipinski definition) is 0. The lowest BCUT2D eigenvalue weighted by Gasteiger charge is -2.08. The number of nitrogens with zero attached hydrogens (tertiary/aromatic N) is 2. The van der Waals surface area contributed by atoms with Crippen LogP contribution in [0.4, 0.5) is 0 Å². The predicted molar refractivity (Wildman–Crippen MR) is 73.9 cm³/mol. The summed E-state index contributed by atoms with van der Waals surface area (Å²) in [4.78, 5) is 11.8. The standard InChI is InChI=1S/C13H15BrN2O2/c1-7(2)16-11-6-9(14)5-10(13(17)18-4)12(11)8(3)15-16/h5-7H,1-4H3. The fourth-order valence-corrected chi connectivity index (χ4v) is 2.53. The SMILES string of the molecule is COC(=O)c1cc(Br)cc2c1c(C)nn2C(C)C. The molecular formula is C13H15BrN2O2. The summed E-state index contributed by atoms with van der Waals surface area (Å²) < 4.78 is 7.59. The number of halogens is 1. The molecule has 0 amide bonds. The highest BCUT2D eigenvalue weighted by Crippen LogP contribution is 2.29. The van der Waals surface area contributed by atoms with Gasteiger partial charge in [-0.1, -0.05) is 15.9 Å². The van der Waals surface area contributed by atoms with Crippen LogP contribution in [0.15, 0.2) is 16.6 Å². The first kappa shape index (κ1) is 13.1. The zero-order valence-electron chi connectivity index (χ0n) is 10.8. The topological polar surface area (TPSA) is 44.1 Å². The van der Waals surface area contributed by atoms with Gasteiger partial charge in [0.05, 0.1) is 23.9 Å². The number of ether oxygens (including phenoxy) is 1. The lowest BCUT2D eigenvalue weighted by Crippen LogP contribution is -2.04. The van der Waals surface area contributed by atoms with Gasteiger partial charge in [0.15, 0.2) is 0 Å². The Morgan fingerprint density at radius 2 is 2.11 bits per heavy atom. The van der Waals surface area contributed by atoms with Gasteiger partial charge in [0.1, 0.15) is 0 Å². The van der Waals surface area contributed by atoms with Gasteiger partial charge in [-0.25, -0.2) is 4.79 Å². The Bertz CT molecular complexity index is 617. The van der Waals surface area contributed by atoms with Crippen LogP contribution in [0.5, 0.6) is 0 Å². The molecule has 18 heavy (non-hydrogen) atoms. The zero-order chi connectivity index (χ0) is 13.4. The molecule has 1 aromatic heterocycles. The van der Waals surface area contributed by atoms with E-state index in [0.29, 0.717) is 5.56 Å². The number of benzene rings is 1. The van der Waals surface area contributed by atoms with Crippen LogP contribution in [0.1, 0.15) is 35.9 Å². The Morgan fingerprint density at radius 1 is 1.44 bits per heavy atom. The smallest absolute Gasteiger partial charge is 0.338 e. The molecule has 1 heterocycles. The second-order valence-corrected chi connectivity index (χ2v) is 5.38. The van der Waals surface area contributed by atoms with Crippen LogP contribution in [0, 0.1) is 6.92 Å². The average Bonchev–Trinajstić information content (AvgIpc) is 2.64. The van der Waals surface area contributed by atoms with Crippen molar-refractivity contribution in [3.63, 3.8) is 0 Å². The summed E-state index contributed by atoms with van der Waals surface area (Å²) in [5, 5.41) is 5.36. The van der Waals surface area contributed by atoms with Crippen molar-refractivity contribution in [1.82, 2.24) is 9.78 Å². The minimum Gasteiger partial charge on any atom is -0.465 e. The number of aryl methyl sites for hydroxylation is 1. The number of carbonyl (C=O) groups excluding carboxylic acids is 1. The molecular weight excluding hydrogens is 296 g/mol. The summed E-state index contributed by atoms with van der Waals surface area (Å²) in [6.45, 7) is 6.02. The number of aromatic nitrogens is 2. The van der Waals surface area contributed by atoms with E-state index in [2.05, 4.69) is 34.9 Å². The van der Waals surface area contributed by atoms with E-state index in [9.17, 15) is 4.79 Å². The van der Waals surface area contributed by atoms with Crippen LogP contribution in [-0.2, 0) is 4.74 Å². The lowest BCUT2D eigenvalue weighted by molar-refractivity contribution is 0.0603. The van der Waals surface area contributed by atoms with Gasteiger partial charge in [-0.05, 0) is 32.9 Å². The normalized spacial score (nSPS) is 11.2. The number of hydrogen-bond acceptors (Lipinski definition) is 3. The molecule has 0 bridgehead atoms. The molecule has 0 saturated carbocycles. The van der Waals surface area contributed by atoms with Gasteiger partial charge in [-0.2, -0.15) is 5.10 Å². The molecule has 2 rings (SSSR count). The van der Waals surface area contributed by atoms with Crippen molar-refractivity contribution in [2.24, 2.45) is 0 Å².